The molecular weight excluding hydrogens is 290 g/mol. The Morgan fingerprint density at radius 2 is 1.35 bits per heavy atom. The quantitative estimate of drug-likeness (QED) is 0.349. The molecule has 0 spiro atoms. The summed E-state index contributed by atoms with van der Waals surface area (Å²) in [6, 6.07) is 0. The number of methoxy groups -OCH3 is 3. The lowest BCUT2D eigenvalue weighted by molar-refractivity contribution is -0.380. The lowest BCUT2D eigenvalue weighted by atomic mass is 9.82. The van der Waals surface area contributed by atoms with Crippen LogP contribution in [-0.4, -0.2) is 33.8 Å². The molecule has 0 saturated heterocycles. The van der Waals surface area contributed by atoms with Crippen molar-refractivity contribution in [3.8, 4) is 0 Å². The van der Waals surface area contributed by atoms with Crippen LogP contribution in [0.25, 0.3) is 0 Å². The Morgan fingerprint density at radius 1 is 0.826 bits per heavy atom. The van der Waals surface area contributed by atoms with Crippen LogP contribution < -0.4 is 5.73 Å². The predicted molar refractivity (Wildman–Crippen MR) is 97.3 cm³/mol. The first-order valence-corrected chi connectivity index (χ1v) is 9.26. The Labute approximate surface area is 144 Å². The van der Waals surface area contributed by atoms with Gasteiger partial charge in [-0.15, -0.1) is 0 Å². The van der Waals surface area contributed by atoms with Gasteiger partial charge < -0.3 is 19.9 Å². The summed E-state index contributed by atoms with van der Waals surface area (Å²) in [6.07, 6.45) is 10.8. The normalized spacial score (nSPS) is 14.2. The number of hydrogen-bond donors (Lipinski definition) is 1. The summed E-state index contributed by atoms with van der Waals surface area (Å²) in [5, 5.41) is 0. The van der Waals surface area contributed by atoms with Crippen molar-refractivity contribution in [3.63, 3.8) is 0 Å². The molecule has 0 rings (SSSR count). The van der Waals surface area contributed by atoms with Gasteiger partial charge in [-0.05, 0) is 31.2 Å². The summed E-state index contributed by atoms with van der Waals surface area (Å²) in [4.78, 5) is 0. The number of rotatable bonds is 15. The molecule has 1 unspecified atom stereocenters. The second-order valence-electron chi connectivity index (χ2n) is 7.38. The molecule has 0 radical (unpaired) electrons. The molecule has 0 heterocycles. The third kappa shape index (κ3) is 8.48. The van der Waals surface area contributed by atoms with Gasteiger partial charge in [-0.25, -0.2) is 0 Å². The van der Waals surface area contributed by atoms with Gasteiger partial charge in [0.15, 0.2) is 0 Å². The summed E-state index contributed by atoms with van der Waals surface area (Å²) in [7, 11) is 4.99. The van der Waals surface area contributed by atoms with Gasteiger partial charge in [0.25, 0.3) is 5.97 Å². The van der Waals surface area contributed by atoms with Gasteiger partial charge in [0.2, 0.25) is 0 Å². The van der Waals surface area contributed by atoms with Crippen LogP contribution in [-0.2, 0) is 14.2 Å². The molecule has 0 amide bonds. The number of ether oxygens (including phenoxy) is 3. The van der Waals surface area contributed by atoms with Crippen LogP contribution in [0.15, 0.2) is 0 Å². The van der Waals surface area contributed by atoms with Gasteiger partial charge in [-0.2, -0.15) is 0 Å². The first-order valence-electron chi connectivity index (χ1n) is 9.26. The van der Waals surface area contributed by atoms with E-state index in [2.05, 4.69) is 20.8 Å². The molecule has 0 saturated carbocycles. The Balaban J connectivity index is 4.60. The number of nitrogens with two attached hydrogens (primary N) is 1. The topological polar surface area (TPSA) is 53.7 Å². The Hall–Kier alpha value is -0.160. The molecule has 0 fully saturated rings. The highest BCUT2D eigenvalue weighted by atomic mass is 16.9. The van der Waals surface area contributed by atoms with E-state index in [0.29, 0.717) is 6.54 Å². The van der Waals surface area contributed by atoms with E-state index < -0.39 is 5.97 Å². The summed E-state index contributed by atoms with van der Waals surface area (Å²) in [5.74, 6) is -0.715. The van der Waals surface area contributed by atoms with E-state index in [0.717, 1.165) is 19.3 Å². The molecule has 140 valence electrons. The van der Waals surface area contributed by atoms with Crippen molar-refractivity contribution in [3.05, 3.63) is 0 Å². The maximum Gasteiger partial charge on any atom is 0.285 e. The molecule has 23 heavy (non-hydrogen) atoms. The van der Waals surface area contributed by atoms with Crippen molar-refractivity contribution in [2.24, 2.45) is 17.1 Å². The zero-order valence-electron chi connectivity index (χ0n) is 16.5. The maximum absolute atomic E-state index is 5.87. The van der Waals surface area contributed by atoms with Crippen molar-refractivity contribution in [1.82, 2.24) is 0 Å². The zero-order chi connectivity index (χ0) is 17.8. The minimum Gasteiger partial charge on any atom is -0.331 e. The van der Waals surface area contributed by atoms with Crippen LogP contribution in [0.5, 0.6) is 0 Å². The fourth-order valence-electron chi connectivity index (χ4n) is 3.09. The lowest BCUT2D eigenvalue weighted by Gasteiger charge is -2.38. The molecule has 0 aromatic heterocycles. The summed E-state index contributed by atoms with van der Waals surface area (Å²) in [6.45, 7) is 7.36. The first-order chi connectivity index (χ1) is 10.9. The molecule has 0 aromatic carbocycles. The van der Waals surface area contributed by atoms with Crippen molar-refractivity contribution in [2.45, 2.75) is 84.5 Å². The minimum atomic E-state index is -0.936. The van der Waals surface area contributed by atoms with E-state index in [1.165, 1.54) is 38.5 Å². The molecule has 0 aromatic rings. The number of hydrogen-bond acceptors (Lipinski definition) is 4. The first kappa shape index (κ1) is 22.8. The third-order valence-electron chi connectivity index (χ3n) is 4.98. The lowest BCUT2D eigenvalue weighted by Crippen LogP contribution is -2.44. The Bertz CT molecular complexity index is 270. The highest BCUT2D eigenvalue weighted by Gasteiger charge is 2.40. The summed E-state index contributed by atoms with van der Waals surface area (Å²) >= 11 is 0. The van der Waals surface area contributed by atoms with Gasteiger partial charge in [0, 0.05) is 27.2 Å². The second-order valence-corrected chi connectivity index (χ2v) is 7.38. The van der Waals surface area contributed by atoms with Crippen LogP contribution >= 0.6 is 0 Å². The van der Waals surface area contributed by atoms with Crippen molar-refractivity contribution < 1.29 is 14.2 Å². The smallest absolute Gasteiger partial charge is 0.285 e. The van der Waals surface area contributed by atoms with Gasteiger partial charge in [-0.1, -0.05) is 59.3 Å². The van der Waals surface area contributed by atoms with Crippen LogP contribution in [0, 0.1) is 11.3 Å². The monoisotopic (exact) mass is 331 g/mol. The Morgan fingerprint density at radius 3 is 1.83 bits per heavy atom. The SMILES string of the molecule is CCCCCCCCC(CCC(C)(C)CN)C(OC)(OC)OC. The molecule has 0 aliphatic heterocycles. The average Bonchev–Trinajstić information content (AvgIpc) is 2.56. The summed E-state index contributed by atoms with van der Waals surface area (Å²) < 4.78 is 16.9. The van der Waals surface area contributed by atoms with Crippen molar-refractivity contribution in [1.29, 1.82) is 0 Å². The van der Waals surface area contributed by atoms with Gasteiger partial charge in [0.1, 0.15) is 0 Å². The van der Waals surface area contributed by atoms with E-state index in [1.807, 2.05) is 0 Å². The van der Waals surface area contributed by atoms with E-state index in [1.54, 1.807) is 21.3 Å². The molecular formula is C19H41NO3. The van der Waals surface area contributed by atoms with Crippen LogP contribution in [0.4, 0.5) is 0 Å². The van der Waals surface area contributed by atoms with E-state index in [9.17, 15) is 0 Å². The average molecular weight is 332 g/mol. The van der Waals surface area contributed by atoms with E-state index in [-0.39, 0.29) is 11.3 Å². The van der Waals surface area contributed by atoms with Crippen LogP contribution in [0.1, 0.15) is 78.6 Å². The number of unbranched alkanes of at least 4 members (excludes halogenated alkanes) is 5. The molecule has 0 aliphatic rings. The van der Waals surface area contributed by atoms with E-state index in [4.69, 9.17) is 19.9 Å². The highest BCUT2D eigenvalue weighted by Crippen LogP contribution is 2.35. The largest absolute Gasteiger partial charge is 0.331 e. The van der Waals surface area contributed by atoms with Crippen LogP contribution in [0.3, 0.4) is 0 Å². The molecule has 0 aliphatic carbocycles. The standard InChI is InChI=1S/C19H41NO3/c1-7-8-9-10-11-12-13-17(14-15-18(2,3)16-20)19(21-4,22-5)23-6/h17H,7-16,20H2,1-6H3. The highest BCUT2D eigenvalue weighted by molar-refractivity contribution is 4.77. The predicted octanol–water partition coefficient (Wildman–Crippen LogP) is 4.71. The van der Waals surface area contributed by atoms with Crippen molar-refractivity contribution >= 4 is 0 Å². The Kier molecular flexibility index (Phi) is 12.2. The third-order valence-corrected chi connectivity index (χ3v) is 4.98. The minimum absolute atomic E-state index is 0.139. The summed E-state index contributed by atoms with van der Waals surface area (Å²) in [5.41, 5.74) is 6.01. The second kappa shape index (κ2) is 12.2. The van der Waals surface area contributed by atoms with Crippen molar-refractivity contribution in [2.75, 3.05) is 27.9 Å². The maximum atomic E-state index is 5.87. The molecule has 4 heteroatoms. The molecule has 4 nitrogen and oxygen atoms in total. The molecule has 1 atom stereocenters. The molecule has 0 bridgehead atoms. The zero-order valence-corrected chi connectivity index (χ0v) is 16.5. The molecule has 2 N–H and O–H groups in total. The van der Waals surface area contributed by atoms with Gasteiger partial charge in [-0.3, -0.25) is 0 Å². The van der Waals surface area contributed by atoms with Gasteiger partial charge >= 0.3 is 0 Å². The van der Waals surface area contributed by atoms with Gasteiger partial charge in [0.05, 0.1) is 0 Å². The fourth-order valence-corrected chi connectivity index (χ4v) is 3.09. The van der Waals surface area contributed by atoms with E-state index >= 15 is 0 Å². The van der Waals surface area contributed by atoms with Crippen LogP contribution in [0.2, 0.25) is 0 Å². The fraction of sp³-hybridized carbons (Fsp3) is 1.00.